The second-order valence-electron chi connectivity index (χ2n) is 8.21. The van der Waals surface area contributed by atoms with Gasteiger partial charge in [-0.3, -0.25) is 4.79 Å². The summed E-state index contributed by atoms with van der Waals surface area (Å²) in [6, 6.07) is 1.42. The molecule has 3 atom stereocenters. The van der Waals surface area contributed by atoms with Gasteiger partial charge in [0.2, 0.25) is 0 Å². The van der Waals surface area contributed by atoms with Crippen LogP contribution in [0.3, 0.4) is 0 Å². The first-order chi connectivity index (χ1) is 13.4. The quantitative estimate of drug-likeness (QED) is 0.738. The number of carbonyl (C=O) groups is 1. The number of nitrogens with zero attached hydrogens (tertiary/aromatic N) is 3. The number of hydrogen-bond acceptors (Lipinski definition) is 6. The number of piperazine rings is 1. The van der Waals surface area contributed by atoms with Crippen molar-refractivity contribution in [3.63, 3.8) is 0 Å². The van der Waals surface area contributed by atoms with Crippen LogP contribution >= 0.6 is 0 Å². The van der Waals surface area contributed by atoms with Gasteiger partial charge in [-0.25, -0.2) is 0 Å². The number of rotatable bonds is 5. The van der Waals surface area contributed by atoms with E-state index >= 15 is 0 Å². The SMILES string of the molecule is C[C@H]1CNCCN1S(=O)(=O)N1CC[C@H](NC(=O)c2cc(C3CC3)on2)C[C@@H]1C. The highest BCUT2D eigenvalue weighted by atomic mass is 32.2. The van der Waals surface area contributed by atoms with Gasteiger partial charge >= 0.3 is 0 Å². The maximum atomic E-state index is 13.1. The fraction of sp³-hybridized carbons (Fsp3) is 0.778. The summed E-state index contributed by atoms with van der Waals surface area (Å²) in [5.74, 6) is 0.944. The lowest BCUT2D eigenvalue weighted by Gasteiger charge is -2.42. The zero-order valence-corrected chi connectivity index (χ0v) is 17.2. The van der Waals surface area contributed by atoms with Crippen molar-refractivity contribution in [3.05, 3.63) is 17.5 Å². The van der Waals surface area contributed by atoms with Crippen LogP contribution in [0.2, 0.25) is 0 Å². The molecule has 0 unspecified atom stereocenters. The van der Waals surface area contributed by atoms with Crippen molar-refractivity contribution in [1.82, 2.24) is 24.4 Å². The predicted octanol–water partition coefficient (Wildman–Crippen LogP) is 0.673. The molecule has 1 amide bonds. The topological polar surface area (TPSA) is 108 Å². The largest absolute Gasteiger partial charge is 0.360 e. The molecule has 9 nitrogen and oxygen atoms in total. The summed E-state index contributed by atoms with van der Waals surface area (Å²) in [4.78, 5) is 12.5. The van der Waals surface area contributed by atoms with E-state index in [4.69, 9.17) is 4.52 Å². The maximum absolute atomic E-state index is 13.1. The van der Waals surface area contributed by atoms with Gasteiger partial charge in [0.1, 0.15) is 5.76 Å². The maximum Gasteiger partial charge on any atom is 0.282 e. The van der Waals surface area contributed by atoms with Crippen molar-refractivity contribution in [2.24, 2.45) is 0 Å². The van der Waals surface area contributed by atoms with Crippen molar-refractivity contribution in [2.75, 3.05) is 26.2 Å². The van der Waals surface area contributed by atoms with Crippen LogP contribution in [0.25, 0.3) is 0 Å². The summed E-state index contributed by atoms with van der Waals surface area (Å²) in [6.45, 7) is 6.06. The normalized spacial score (nSPS) is 30.3. The molecule has 1 aromatic heterocycles. The van der Waals surface area contributed by atoms with Crippen molar-refractivity contribution in [2.45, 2.75) is 63.6 Å². The van der Waals surface area contributed by atoms with Crippen LogP contribution in [0.4, 0.5) is 0 Å². The van der Waals surface area contributed by atoms with Crippen LogP contribution in [0, 0.1) is 0 Å². The molecule has 3 aliphatic rings. The molecule has 4 rings (SSSR count). The highest BCUT2D eigenvalue weighted by Crippen LogP contribution is 2.40. The third-order valence-corrected chi connectivity index (χ3v) is 8.19. The van der Waals surface area contributed by atoms with E-state index in [1.54, 1.807) is 14.7 Å². The molecule has 3 fully saturated rings. The third kappa shape index (κ3) is 3.96. The Morgan fingerprint density at radius 2 is 1.96 bits per heavy atom. The molecule has 0 bridgehead atoms. The van der Waals surface area contributed by atoms with E-state index in [1.165, 1.54) is 0 Å². The summed E-state index contributed by atoms with van der Waals surface area (Å²) >= 11 is 0. The van der Waals surface area contributed by atoms with Gasteiger partial charge in [0.05, 0.1) is 0 Å². The van der Waals surface area contributed by atoms with Crippen LogP contribution in [-0.4, -0.2) is 72.4 Å². The lowest BCUT2D eigenvalue weighted by atomic mass is 10.0. The molecule has 156 valence electrons. The first-order valence-electron chi connectivity index (χ1n) is 10.1. The highest BCUT2D eigenvalue weighted by molar-refractivity contribution is 7.86. The van der Waals surface area contributed by atoms with E-state index in [9.17, 15) is 13.2 Å². The van der Waals surface area contributed by atoms with Gasteiger partial charge in [-0.2, -0.15) is 17.0 Å². The molecule has 0 spiro atoms. The fourth-order valence-electron chi connectivity index (χ4n) is 4.14. The van der Waals surface area contributed by atoms with Crippen LogP contribution in [0.5, 0.6) is 0 Å². The van der Waals surface area contributed by atoms with Crippen molar-refractivity contribution in [3.8, 4) is 0 Å². The summed E-state index contributed by atoms with van der Waals surface area (Å²) in [7, 11) is -3.50. The Bertz CT molecular complexity index is 822. The highest BCUT2D eigenvalue weighted by Gasteiger charge is 2.40. The molecule has 0 radical (unpaired) electrons. The van der Waals surface area contributed by atoms with E-state index < -0.39 is 10.2 Å². The average Bonchev–Trinajstić information content (AvgIpc) is 3.38. The summed E-state index contributed by atoms with van der Waals surface area (Å²) in [5, 5.41) is 10.1. The number of carbonyl (C=O) groups excluding carboxylic acids is 1. The van der Waals surface area contributed by atoms with Crippen molar-refractivity contribution < 1.29 is 17.7 Å². The number of hydrogen-bond donors (Lipinski definition) is 2. The Kier molecular flexibility index (Phi) is 5.47. The molecule has 0 aromatic carbocycles. The van der Waals surface area contributed by atoms with Gasteiger partial charge in [-0.05, 0) is 39.5 Å². The standard InChI is InChI=1S/C18H29N5O4S/c1-12-9-15(20-18(24)16-10-17(27-21-16)14-3-4-14)5-7-22(12)28(25,26)23-8-6-19-11-13(23)2/h10,12-15,19H,3-9,11H2,1-2H3,(H,20,24)/t12-,13-,15-/m0/s1. The smallest absolute Gasteiger partial charge is 0.282 e. The lowest BCUT2D eigenvalue weighted by molar-refractivity contribution is 0.0903. The lowest BCUT2D eigenvalue weighted by Crippen LogP contribution is -2.60. The molecule has 1 aromatic rings. The Morgan fingerprint density at radius 1 is 1.21 bits per heavy atom. The van der Waals surface area contributed by atoms with Gasteiger partial charge in [0, 0.05) is 56.3 Å². The van der Waals surface area contributed by atoms with Crippen LogP contribution in [0.1, 0.15) is 61.7 Å². The molecule has 1 aliphatic carbocycles. The zero-order chi connectivity index (χ0) is 19.9. The molecule has 10 heteroatoms. The first kappa shape index (κ1) is 19.8. The molecule has 2 aliphatic heterocycles. The monoisotopic (exact) mass is 411 g/mol. The number of piperidine rings is 1. The molecule has 3 heterocycles. The van der Waals surface area contributed by atoms with Crippen LogP contribution < -0.4 is 10.6 Å². The molecular weight excluding hydrogens is 382 g/mol. The van der Waals surface area contributed by atoms with Crippen LogP contribution in [0.15, 0.2) is 10.6 Å². The van der Waals surface area contributed by atoms with E-state index in [0.717, 1.165) is 18.6 Å². The van der Waals surface area contributed by atoms with E-state index in [0.29, 0.717) is 50.6 Å². The first-order valence-corrected chi connectivity index (χ1v) is 11.5. The Hall–Kier alpha value is -1.49. The van der Waals surface area contributed by atoms with E-state index in [1.807, 2.05) is 13.8 Å². The number of aromatic nitrogens is 1. The molecule has 2 saturated heterocycles. The predicted molar refractivity (Wildman–Crippen MR) is 103 cm³/mol. The summed E-state index contributed by atoms with van der Waals surface area (Å²) in [5.41, 5.74) is 0.305. The zero-order valence-electron chi connectivity index (χ0n) is 16.4. The second kappa shape index (κ2) is 7.74. The molecule has 28 heavy (non-hydrogen) atoms. The van der Waals surface area contributed by atoms with Gasteiger partial charge in [0.25, 0.3) is 16.1 Å². The van der Waals surface area contributed by atoms with E-state index in [2.05, 4.69) is 15.8 Å². The van der Waals surface area contributed by atoms with Crippen LogP contribution in [-0.2, 0) is 10.2 Å². The Balaban J connectivity index is 1.35. The molecular formula is C18H29N5O4S. The summed E-state index contributed by atoms with van der Waals surface area (Å²) < 4.78 is 34.6. The molecule has 2 N–H and O–H groups in total. The third-order valence-electron chi connectivity index (χ3n) is 5.92. The van der Waals surface area contributed by atoms with Gasteiger partial charge in [0.15, 0.2) is 5.69 Å². The van der Waals surface area contributed by atoms with E-state index in [-0.39, 0.29) is 24.0 Å². The Labute approximate surface area is 166 Å². The average molecular weight is 412 g/mol. The second-order valence-corrected chi connectivity index (χ2v) is 10.0. The minimum atomic E-state index is -3.50. The summed E-state index contributed by atoms with van der Waals surface area (Å²) in [6.07, 6.45) is 3.35. The minimum absolute atomic E-state index is 0.0591. The number of amides is 1. The van der Waals surface area contributed by atoms with Crippen molar-refractivity contribution in [1.29, 1.82) is 0 Å². The van der Waals surface area contributed by atoms with Crippen molar-refractivity contribution >= 4 is 16.1 Å². The van der Waals surface area contributed by atoms with Gasteiger partial charge < -0.3 is 15.2 Å². The fourth-order valence-corrected chi connectivity index (χ4v) is 6.14. The molecule has 1 saturated carbocycles. The van der Waals surface area contributed by atoms with Gasteiger partial charge in [-0.15, -0.1) is 0 Å². The van der Waals surface area contributed by atoms with Gasteiger partial charge in [-0.1, -0.05) is 5.16 Å². The minimum Gasteiger partial charge on any atom is -0.360 e. The Morgan fingerprint density at radius 3 is 2.64 bits per heavy atom. The number of nitrogens with one attached hydrogen (secondary N) is 2.